The molecule has 1 aromatic heterocycles. The third kappa shape index (κ3) is 2.35. The normalized spacial score (nSPS) is 17.4. The van der Waals surface area contributed by atoms with E-state index in [0.717, 1.165) is 9.14 Å². The van der Waals surface area contributed by atoms with Crippen LogP contribution in [0.5, 0.6) is 0 Å². The number of carbonyl (C=O) groups excluding carboxylic acids is 1. The molecule has 2 aromatic rings. The molecular weight excluding hydrogens is 474 g/mol. The SMILES string of the molecule is COC(=O)c1ccc(C2=C3C=CC(Br)=[N+]3C(F)(F)n3c(Br)ccc32)cc1. The van der Waals surface area contributed by atoms with E-state index >= 15 is 8.78 Å². The van der Waals surface area contributed by atoms with E-state index in [2.05, 4.69) is 31.9 Å². The highest BCUT2D eigenvalue weighted by Crippen LogP contribution is 2.45. The molecular formula is C18H11Br2F2N2O2+. The summed E-state index contributed by atoms with van der Waals surface area (Å²) in [5.74, 6) is -0.450. The van der Waals surface area contributed by atoms with Crippen LogP contribution in [0.25, 0.3) is 5.57 Å². The molecule has 1 aromatic carbocycles. The predicted molar refractivity (Wildman–Crippen MR) is 99.5 cm³/mol. The molecule has 2 aliphatic rings. The Labute approximate surface area is 164 Å². The summed E-state index contributed by atoms with van der Waals surface area (Å²) in [6.45, 7) is 0. The lowest BCUT2D eigenvalue weighted by atomic mass is 9.97. The minimum Gasteiger partial charge on any atom is -0.465 e. The molecule has 0 spiro atoms. The van der Waals surface area contributed by atoms with Gasteiger partial charge in [0, 0.05) is 28.1 Å². The summed E-state index contributed by atoms with van der Waals surface area (Å²) in [4.78, 5) is 11.6. The number of halogens is 4. The van der Waals surface area contributed by atoms with Gasteiger partial charge >= 0.3 is 12.1 Å². The zero-order valence-electron chi connectivity index (χ0n) is 13.3. The van der Waals surface area contributed by atoms with Gasteiger partial charge in [0.25, 0.3) is 4.62 Å². The Balaban J connectivity index is 1.97. The van der Waals surface area contributed by atoms with Crippen LogP contribution in [0.1, 0.15) is 21.6 Å². The monoisotopic (exact) mass is 483 g/mol. The van der Waals surface area contributed by atoms with Crippen LogP contribution in [0.2, 0.25) is 0 Å². The Kier molecular flexibility index (Phi) is 4.00. The van der Waals surface area contributed by atoms with Gasteiger partial charge in [-0.2, -0.15) is 0 Å². The maximum absolute atomic E-state index is 15.1. The first-order valence-corrected chi connectivity index (χ1v) is 9.14. The van der Waals surface area contributed by atoms with Crippen LogP contribution in [-0.2, 0) is 10.9 Å². The minimum atomic E-state index is -3.27. The van der Waals surface area contributed by atoms with Crippen molar-refractivity contribution in [2.45, 2.75) is 6.17 Å². The summed E-state index contributed by atoms with van der Waals surface area (Å²) in [5, 5.41) is 0. The van der Waals surface area contributed by atoms with Gasteiger partial charge in [-0.15, -0.1) is 8.78 Å². The quantitative estimate of drug-likeness (QED) is 0.352. The van der Waals surface area contributed by atoms with Crippen LogP contribution in [0.3, 0.4) is 0 Å². The zero-order valence-corrected chi connectivity index (χ0v) is 16.5. The first-order chi connectivity index (χ1) is 12.4. The molecule has 3 heterocycles. The molecule has 0 fully saturated rings. The molecule has 0 aliphatic carbocycles. The molecule has 4 rings (SSSR count). The van der Waals surface area contributed by atoms with Crippen LogP contribution in [0, 0.1) is 0 Å². The molecule has 26 heavy (non-hydrogen) atoms. The molecule has 0 saturated carbocycles. The van der Waals surface area contributed by atoms with Gasteiger partial charge in [-0.1, -0.05) is 16.7 Å². The second kappa shape index (κ2) is 5.99. The van der Waals surface area contributed by atoms with E-state index in [1.807, 2.05) is 0 Å². The van der Waals surface area contributed by atoms with Crippen LogP contribution in [0.15, 0.2) is 58.9 Å². The Morgan fingerprint density at radius 1 is 1.12 bits per heavy atom. The van der Waals surface area contributed by atoms with Gasteiger partial charge < -0.3 is 4.74 Å². The second-order valence-corrected chi connectivity index (χ2v) is 7.33. The highest BCUT2D eigenvalue weighted by Gasteiger charge is 2.56. The Morgan fingerprint density at radius 2 is 1.81 bits per heavy atom. The first kappa shape index (κ1) is 17.4. The van der Waals surface area contributed by atoms with Crippen molar-refractivity contribution in [3.63, 3.8) is 0 Å². The average Bonchev–Trinajstić information content (AvgIpc) is 3.19. The number of benzene rings is 1. The third-order valence-electron chi connectivity index (χ3n) is 4.31. The van der Waals surface area contributed by atoms with Gasteiger partial charge in [0.15, 0.2) is 0 Å². The zero-order chi connectivity index (χ0) is 18.6. The minimum absolute atomic E-state index is 0.271. The fourth-order valence-corrected chi connectivity index (χ4v) is 4.25. The van der Waals surface area contributed by atoms with E-state index in [0.29, 0.717) is 28.1 Å². The molecule has 0 radical (unpaired) electrons. The maximum Gasteiger partial charge on any atom is 0.567 e. The lowest BCUT2D eigenvalue weighted by Gasteiger charge is -2.25. The Bertz CT molecular complexity index is 1030. The molecule has 2 aliphatic heterocycles. The molecule has 0 saturated heterocycles. The topological polar surface area (TPSA) is 34.2 Å². The van der Waals surface area contributed by atoms with E-state index in [1.54, 1.807) is 48.6 Å². The number of methoxy groups -OCH3 is 1. The van der Waals surface area contributed by atoms with Crippen molar-refractivity contribution in [3.8, 4) is 0 Å². The van der Waals surface area contributed by atoms with Gasteiger partial charge in [-0.25, -0.2) is 9.36 Å². The van der Waals surface area contributed by atoms with E-state index in [4.69, 9.17) is 4.74 Å². The molecule has 8 heteroatoms. The van der Waals surface area contributed by atoms with Crippen molar-refractivity contribution >= 4 is 48.0 Å². The van der Waals surface area contributed by atoms with Crippen molar-refractivity contribution in [1.82, 2.24) is 4.57 Å². The van der Waals surface area contributed by atoms with Crippen LogP contribution < -0.4 is 0 Å². The fraction of sp³-hybridized carbons (Fsp3) is 0.111. The van der Waals surface area contributed by atoms with Crippen LogP contribution in [0.4, 0.5) is 8.78 Å². The van der Waals surface area contributed by atoms with E-state index in [9.17, 15) is 4.79 Å². The Hall–Kier alpha value is -2.06. The number of aromatic nitrogens is 1. The standard InChI is InChI=1S/C18H11Br2F2N2O2/c1-26-17(25)11-4-2-10(3-5-11)16-12-6-8-14(19)23(12)18(21,22)24-13(16)7-9-15(24)20/h2-9H,1H3/q+1. The summed E-state index contributed by atoms with van der Waals surface area (Å²) in [6, 6.07) is 9.92. The maximum atomic E-state index is 15.1. The van der Waals surface area contributed by atoms with Crippen molar-refractivity contribution in [3.05, 3.63) is 75.7 Å². The van der Waals surface area contributed by atoms with Gasteiger partial charge in [-0.05, 0) is 45.8 Å². The van der Waals surface area contributed by atoms with Gasteiger partial charge in [0.2, 0.25) is 5.70 Å². The van der Waals surface area contributed by atoms with Crippen molar-refractivity contribution in [1.29, 1.82) is 0 Å². The average molecular weight is 485 g/mol. The molecule has 0 N–H and O–H groups in total. The summed E-state index contributed by atoms with van der Waals surface area (Å²) in [6.07, 6.45) is -0.0385. The molecule has 0 bridgehead atoms. The lowest BCUT2D eigenvalue weighted by Crippen LogP contribution is -2.41. The molecule has 0 atom stereocenters. The predicted octanol–water partition coefficient (Wildman–Crippen LogP) is 4.69. The number of hydrogen-bond donors (Lipinski definition) is 0. The number of hydrogen-bond acceptors (Lipinski definition) is 2. The molecule has 0 unspecified atom stereocenters. The highest BCUT2D eigenvalue weighted by atomic mass is 79.9. The smallest absolute Gasteiger partial charge is 0.465 e. The van der Waals surface area contributed by atoms with Crippen molar-refractivity contribution in [2.75, 3.05) is 7.11 Å². The van der Waals surface area contributed by atoms with Crippen LogP contribution >= 0.6 is 31.9 Å². The molecule has 4 nitrogen and oxygen atoms in total. The largest absolute Gasteiger partial charge is 0.567 e. The molecule has 0 amide bonds. The number of esters is 1. The third-order valence-corrected chi connectivity index (χ3v) is 5.55. The van der Waals surface area contributed by atoms with Crippen molar-refractivity contribution in [2.24, 2.45) is 0 Å². The first-order valence-electron chi connectivity index (χ1n) is 7.56. The van der Waals surface area contributed by atoms with E-state index in [-0.39, 0.29) is 9.22 Å². The van der Waals surface area contributed by atoms with E-state index in [1.165, 1.54) is 7.11 Å². The molecule has 132 valence electrons. The highest BCUT2D eigenvalue weighted by molar-refractivity contribution is 9.18. The van der Waals surface area contributed by atoms with E-state index < -0.39 is 12.1 Å². The number of carbonyl (C=O) groups is 1. The summed E-state index contributed by atoms with van der Waals surface area (Å²) in [5.41, 5.74) is 2.51. The number of allylic oxidation sites excluding steroid dienone is 2. The number of rotatable bonds is 2. The fourth-order valence-electron chi connectivity index (χ4n) is 3.18. The number of nitrogens with zero attached hydrogens (tertiary/aromatic N) is 2. The van der Waals surface area contributed by atoms with Gasteiger partial charge in [0.05, 0.1) is 28.5 Å². The summed E-state index contributed by atoms with van der Waals surface area (Å²) in [7, 11) is 1.31. The number of alkyl halides is 2. The summed E-state index contributed by atoms with van der Waals surface area (Å²) >= 11 is 6.42. The Morgan fingerprint density at radius 3 is 2.46 bits per heavy atom. The van der Waals surface area contributed by atoms with Crippen LogP contribution in [-0.4, -0.2) is 26.8 Å². The van der Waals surface area contributed by atoms with Gasteiger partial charge in [0.1, 0.15) is 0 Å². The van der Waals surface area contributed by atoms with Crippen molar-refractivity contribution < 1.29 is 22.9 Å². The summed E-state index contributed by atoms with van der Waals surface area (Å²) < 4.78 is 37.3. The number of ether oxygens (including phenoxy) is 1. The second-order valence-electron chi connectivity index (χ2n) is 5.71. The lowest BCUT2D eigenvalue weighted by molar-refractivity contribution is -0.672. The number of fused-ring (bicyclic) bond motifs is 2. The van der Waals surface area contributed by atoms with Gasteiger partial charge in [-0.3, -0.25) is 0 Å².